The van der Waals surface area contributed by atoms with Crippen molar-refractivity contribution >= 4 is 56.0 Å². The van der Waals surface area contributed by atoms with Gasteiger partial charge in [0.25, 0.3) is 0 Å². The van der Waals surface area contributed by atoms with Crippen LogP contribution in [0.1, 0.15) is 41.5 Å². The van der Waals surface area contributed by atoms with Crippen molar-refractivity contribution in [2.75, 3.05) is 0 Å². The molecule has 0 radical (unpaired) electrons. The zero-order valence-electron chi connectivity index (χ0n) is 24.0. The van der Waals surface area contributed by atoms with E-state index in [9.17, 15) is 0 Å². The number of rotatable bonds is 4. The number of nitrogens with zero attached hydrogens (tertiary/aromatic N) is 2. The third-order valence-corrected chi connectivity index (χ3v) is 22.7. The van der Waals surface area contributed by atoms with Gasteiger partial charge in [0.1, 0.15) is 0 Å². The monoisotopic (exact) mass is 508 g/mol. The second kappa shape index (κ2) is 13.6. The van der Waals surface area contributed by atoms with Gasteiger partial charge in [0.15, 0.2) is 12.4 Å². The first-order valence-corrected chi connectivity index (χ1v) is 24.1. The Kier molecular flexibility index (Phi) is 15.9. The summed E-state index contributed by atoms with van der Waals surface area (Å²) in [6.07, 6.45) is 3.75. The number of aromatic nitrogens is 1. The molecule has 0 fully saturated rings. The van der Waals surface area contributed by atoms with E-state index >= 15 is 0 Å². The van der Waals surface area contributed by atoms with Crippen LogP contribution in [0.3, 0.4) is 0 Å². The van der Waals surface area contributed by atoms with Gasteiger partial charge in [-0.1, -0.05) is 156 Å². The van der Waals surface area contributed by atoms with Gasteiger partial charge in [-0.05, 0) is 0 Å². The van der Waals surface area contributed by atoms with Gasteiger partial charge in [-0.25, -0.2) is 4.98 Å². The van der Waals surface area contributed by atoms with Crippen molar-refractivity contribution in [1.29, 1.82) is 0 Å². The maximum atomic E-state index is 5.09. The Morgan fingerprint density at radius 2 is 0.774 bits per heavy atom. The quantitative estimate of drug-likeness (QED) is 0.365. The smallest absolute Gasteiger partial charge is 0.667 e. The average Bonchev–Trinajstić information content (AvgIpc) is 2.43. The van der Waals surface area contributed by atoms with E-state index < -0.39 is 32.9 Å². The van der Waals surface area contributed by atoms with Crippen LogP contribution >= 0.6 is 0 Å². The van der Waals surface area contributed by atoms with Crippen molar-refractivity contribution in [3.05, 3.63) is 39.9 Å². The minimum absolute atomic E-state index is 0. The molecular formula is C23H54MgN3Si4+. The molecule has 1 rings (SSSR count). The maximum absolute atomic E-state index is 5.09. The Bertz CT molecular complexity index is 517. The van der Waals surface area contributed by atoms with Gasteiger partial charge in [-0.15, -0.1) is 0 Å². The first-order chi connectivity index (χ1) is 12.9. The summed E-state index contributed by atoms with van der Waals surface area (Å²) in [5.41, 5.74) is 0. The topological polar surface area (TPSA) is 42.3 Å². The molecule has 0 amide bonds. The van der Waals surface area contributed by atoms with Crippen LogP contribution in [0.15, 0.2) is 30.6 Å². The molecule has 0 saturated carbocycles. The van der Waals surface area contributed by atoms with E-state index in [4.69, 9.17) is 9.30 Å². The summed E-state index contributed by atoms with van der Waals surface area (Å²) >= 11 is 0. The normalized spacial score (nSPS) is 13.2. The molecular weight excluding hydrogens is 455 g/mol. The van der Waals surface area contributed by atoms with Gasteiger partial charge in [-0.3, -0.25) is 0 Å². The standard InChI is InChI=1S/2C9H24NSi2.C5H5N.Mg/c2*1-9(2,3)12(7,8)10-11(4,5)6;1-2-4-6-5-3-1;/h2*1-8H3;1-5H;/q2*-1;;+2/p+1. The molecule has 0 unspecified atom stereocenters. The minimum atomic E-state index is -1.35. The molecule has 0 atom stereocenters. The Morgan fingerprint density at radius 3 is 0.839 bits per heavy atom. The summed E-state index contributed by atoms with van der Waals surface area (Å²) in [6, 6.07) is 5.86. The number of nitrogens with one attached hydrogen (secondary N) is 1. The van der Waals surface area contributed by atoms with Gasteiger partial charge < -0.3 is 9.30 Å². The first kappa shape index (κ1) is 36.3. The molecule has 0 aromatic carbocycles. The third kappa shape index (κ3) is 18.8. The van der Waals surface area contributed by atoms with Crippen molar-refractivity contribution in [3.8, 4) is 0 Å². The summed E-state index contributed by atoms with van der Waals surface area (Å²) in [6.45, 7) is 37.4. The molecule has 1 aromatic heterocycles. The maximum Gasteiger partial charge on any atom is 2.00 e. The zero-order chi connectivity index (χ0) is 24.7. The van der Waals surface area contributed by atoms with Crippen molar-refractivity contribution in [3.63, 3.8) is 0 Å². The van der Waals surface area contributed by atoms with Crippen molar-refractivity contribution in [2.24, 2.45) is 0 Å². The fraction of sp³-hybridized carbons (Fsp3) is 0.783. The Labute approximate surface area is 216 Å². The SMILES string of the molecule is CC(C)(C)[Si](C)(C)[N-][Si](C)(C)C.CC(C)(C)[Si](C)(C)[N-][Si](C)(C)C.[Mg+2].c1cc[nH+]cc1. The molecule has 0 aliphatic rings. The molecule has 8 heteroatoms. The van der Waals surface area contributed by atoms with Crippen molar-refractivity contribution < 1.29 is 4.98 Å². The van der Waals surface area contributed by atoms with Crippen LogP contribution in [0.5, 0.6) is 0 Å². The molecule has 0 bridgehead atoms. The van der Waals surface area contributed by atoms with Gasteiger partial charge >= 0.3 is 23.1 Å². The van der Waals surface area contributed by atoms with E-state index in [0.29, 0.717) is 10.1 Å². The third-order valence-electron chi connectivity index (χ3n) is 5.51. The van der Waals surface area contributed by atoms with Crippen LogP contribution in [-0.4, -0.2) is 56.0 Å². The fourth-order valence-corrected chi connectivity index (χ4v) is 18.5. The van der Waals surface area contributed by atoms with Crippen LogP contribution in [0.2, 0.25) is 75.5 Å². The summed E-state index contributed by atoms with van der Waals surface area (Å²) in [7, 11) is -5.14. The van der Waals surface area contributed by atoms with Gasteiger partial charge in [0.05, 0.1) is 0 Å². The molecule has 1 N–H and O–H groups in total. The van der Waals surface area contributed by atoms with E-state index in [2.05, 4.69) is 112 Å². The summed E-state index contributed by atoms with van der Waals surface area (Å²) < 4.78 is 10.2. The summed E-state index contributed by atoms with van der Waals surface area (Å²) in [4.78, 5) is 2.89. The number of hydrogen-bond donors (Lipinski definition) is 0. The number of pyridine rings is 1. The largest absolute Gasteiger partial charge is 2.00 e. The molecule has 0 aliphatic heterocycles. The van der Waals surface area contributed by atoms with E-state index in [1.807, 2.05) is 30.6 Å². The van der Waals surface area contributed by atoms with Gasteiger partial charge in [0.2, 0.25) is 0 Å². The second-order valence-electron chi connectivity index (χ2n) is 13.3. The summed E-state index contributed by atoms with van der Waals surface area (Å²) in [5, 5.41) is 0.820. The van der Waals surface area contributed by atoms with E-state index in [-0.39, 0.29) is 23.1 Å². The number of H-pyrrole nitrogens is 1. The zero-order valence-corrected chi connectivity index (χ0v) is 29.4. The molecule has 0 spiro atoms. The van der Waals surface area contributed by atoms with Crippen molar-refractivity contribution in [1.82, 2.24) is 0 Å². The molecule has 178 valence electrons. The molecule has 0 saturated heterocycles. The molecule has 1 heterocycles. The Hall–Kier alpha value is 0.704. The van der Waals surface area contributed by atoms with Crippen LogP contribution in [0.25, 0.3) is 9.30 Å². The van der Waals surface area contributed by atoms with Gasteiger partial charge in [-0.2, -0.15) is 0 Å². The predicted molar refractivity (Wildman–Crippen MR) is 157 cm³/mol. The second-order valence-corrected chi connectivity index (χ2v) is 33.0. The Morgan fingerprint density at radius 1 is 0.516 bits per heavy atom. The average molecular weight is 509 g/mol. The van der Waals surface area contributed by atoms with Crippen molar-refractivity contribution in [2.45, 2.75) is 117 Å². The van der Waals surface area contributed by atoms with Gasteiger partial charge in [0, 0.05) is 12.1 Å². The Balaban J connectivity index is -0.000000391. The summed E-state index contributed by atoms with van der Waals surface area (Å²) in [5.74, 6) is 0. The minimum Gasteiger partial charge on any atom is -0.667 e. The van der Waals surface area contributed by atoms with Crippen LogP contribution in [0.4, 0.5) is 0 Å². The van der Waals surface area contributed by atoms with Crippen LogP contribution in [0, 0.1) is 0 Å². The van der Waals surface area contributed by atoms with E-state index in [1.165, 1.54) is 0 Å². The molecule has 1 aromatic rings. The predicted octanol–water partition coefficient (Wildman–Crippen LogP) is 8.52. The number of hydrogen-bond acceptors (Lipinski definition) is 0. The number of aromatic amines is 1. The van der Waals surface area contributed by atoms with Crippen LogP contribution < -0.4 is 4.98 Å². The van der Waals surface area contributed by atoms with Crippen LogP contribution in [-0.2, 0) is 0 Å². The molecule has 3 nitrogen and oxygen atoms in total. The molecule has 0 aliphatic carbocycles. The first-order valence-electron chi connectivity index (χ1n) is 11.3. The van der Waals surface area contributed by atoms with E-state index in [0.717, 1.165) is 0 Å². The fourth-order valence-electron chi connectivity index (χ4n) is 2.35. The van der Waals surface area contributed by atoms with E-state index in [1.54, 1.807) is 0 Å². The molecule has 31 heavy (non-hydrogen) atoms.